The number of nitrogens with zero attached hydrogens (tertiary/aromatic N) is 5. The highest BCUT2D eigenvalue weighted by Crippen LogP contribution is 2.34. The first-order chi connectivity index (χ1) is 16.9. The smallest absolute Gasteiger partial charge is 0.153 e. The van der Waals surface area contributed by atoms with Crippen LogP contribution in [0.15, 0.2) is 95.9 Å². The maximum Gasteiger partial charge on any atom is 0.153 e. The molecule has 164 valence electrons. The van der Waals surface area contributed by atoms with Crippen molar-refractivity contribution in [3.8, 4) is 16.9 Å². The van der Waals surface area contributed by atoms with Crippen molar-refractivity contribution in [1.82, 2.24) is 24.5 Å². The highest BCUT2D eigenvalue weighted by Gasteiger charge is 2.16. The summed E-state index contributed by atoms with van der Waals surface area (Å²) in [4.78, 5) is 18.3. The largest absolute Gasteiger partial charge is 0.454 e. The van der Waals surface area contributed by atoms with E-state index >= 15 is 0 Å². The van der Waals surface area contributed by atoms with Gasteiger partial charge < -0.3 is 8.98 Å². The van der Waals surface area contributed by atoms with Gasteiger partial charge >= 0.3 is 0 Å². The molecule has 0 spiro atoms. The van der Waals surface area contributed by atoms with Crippen molar-refractivity contribution in [3.63, 3.8) is 0 Å². The van der Waals surface area contributed by atoms with Crippen LogP contribution in [0.5, 0.6) is 0 Å². The van der Waals surface area contributed by atoms with Gasteiger partial charge in [0.05, 0.1) is 16.7 Å². The number of furan rings is 1. The van der Waals surface area contributed by atoms with Gasteiger partial charge in [-0.25, -0.2) is 4.98 Å². The fourth-order valence-corrected chi connectivity index (χ4v) is 4.37. The fourth-order valence-electron chi connectivity index (χ4n) is 4.37. The summed E-state index contributed by atoms with van der Waals surface area (Å²) >= 11 is 0. The molecule has 1 aromatic carbocycles. The SMILES string of the molecule is CC.c1cncc(-c2ccc3oc4ccc(-n5c6cccnc6c6ncccc65)cc4c3n2)c1. The van der Waals surface area contributed by atoms with E-state index in [0.29, 0.717) is 0 Å². The molecule has 0 aliphatic heterocycles. The minimum atomic E-state index is 0.760. The molecule has 0 amide bonds. The molecule has 34 heavy (non-hydrogen) atoms. The Morgan fingerprint density at radius 3 is 2.12 bits per heavy atom. The zero-order valence-corrected chi connectivity index (χ0v) is 18.8. The van der Waals surface area contributed by atoms with E-state index in [0.717, 1.165) is 61.1 Å². The van der Waals surface area contributed by atoms with E-state index in [1.54, 1.807) is 18.6 Å². The first kappa shape index (κ1) is 20.1. The molecule has 6 heteroatoms. The second-order valence-electron chi connectivity index (χ2n) is 7.65. The molecule has 0 unspecified atom stereocenters. The van der Waals surface area contributed by atoms with Gasteiger partial charge in [0, 0.05) is 41.4 Å². The van der Waals surface area contributed by atoms with E-state index in [1.807, 2.05) is 62.5 Å². The van der Waals surface area contributed by atoms with E-state index in [1.165, 1.54) is 0 Å². The van der Waals surface area contributed by atoms with Crippen molar-refractivity contribution < 1.29 is 4.42 Å². The van der Waals surface area contributed by atoms with Crippen LogP contribution in [-0.2, 0) is 0 Å². The minimum absolute atomic E-state index is 0.760. The van der Waals surface area contributed by atoms with Crippen LogP contribution in [0, 0.1) is 0 Å². The summed E-state index contributed by atoms with van der Waals surface area (Å²) in [6.45, 7) is 4.00. The Labute approximate surface area is 195 Å². The van der Waals surface area contributed by atoms with Crippen LogP contribution in [0.1, 0.15) is 13.8 Å². The Bertz CT molecular complexity index is 1730. The lowest BCUT2D eigenvalue weighted by Gasteiger charge is -2.07. The molecule has 0 N–H and O–H groups in total. The van der Waals surface area contributed by atoms with Gasteiger partial charge in [-0.05, 0) is 66.7 Å². The molecule has 0 saturated heterocycles. The second kappa shape index (κ2) is 8.08. The summed E-state index contributed by atoms with van der Waals surface area (Å²) in [5.41, 5.74) is 9.04. The van der Waals surface area contributed by atoms with Gasteiger partial charge in [0.2, 0.25) is 0 Å². The molecule has 0 saturated carbocycles. The number of fused-ring (bicyclic) bond motifs is 6. The number of benzene rings is 1. The van der Waals surface area contributed by atoms with E-state index in [9.17, 15) is 0 Å². The maximum absolute atomic E-state index is 6.08. The molecular formula is C28H21N5O. The molecule has 6 nitrogen and oxygen atoms in total. The number of hydrogen-bond acceptors (Lipinski definition) is 5. The van der Waals surface area contributed by atoms with E-state index in [-0.39, 0.29) is 0 Å². The summed E-state index contributed by atoms with van der Waals surface area (Å²) in [5, 5.41) is 0.964. The highest BCUT2D eigenvalue weighted by atomic mass is 16.3. The van der Waals surface area contributed by atoms with Crippen LogP contribution >= 0.6 is 0 Å². The Kier molecular flexibility index (Phi) is 4.77. The van der Waals surface area contributed by atoms with Crippen LogP contribution in [0.2, 0.25) is 0 Å². The summed E-state index contributed by atoms with van der Waals surface area (Å²) in [6.07, 6.45) is 7.19. The van der Waals surface area contributed by atoms with Gasteiger partial charge in [0.1, 0.15) is 22.1 Å². The van der Waals surface area contributed by atoms with Crippen LogP contribution < -0.4 is 0 Å². The Morgan fingerprint density at radius 2 is 1.41 bits per heavy atom. The van der Waals surface area contributed by atoms with Crippen LogP contribution in [-0.4, -0.2) is 24.5 Å². The zero-order valence-electron chi connectivity index (χ0n) is 18.8. The Hall–Kier alpha value is -4.58. The molecule has 0 aliphatic rings. The highest BCUT2D eigenvalue weighted by molar-refractivity contribution is 6.07. The van der Waals surface area contributed by atoms with Gasteiger partial charge in [-0.1, -0.05) is 13.8 Å². The van der Waals surface area contributed by atoms with E-state index in [2.05, 4.69) is 43.8 Å². The first-order valence-corrected chi connectivity index (χ1v) is 11.3. The molecule has 7 aromatic rings. The monoisotopic (exact) mass is 443 g/mol. The lowest BCUT2D eigenvalue weighted by Crippen LogP contribution is -1.93. The van der Waals surface area contributed by atoms with Gasteiger partial charge in [-0.15, -0.1) is 0 Å². The van der Waals surface area contributed by atoms with E-state index in [4.69, 9.17) is 9.40 Å². The average molecular weight is 444 g/mol. The first-order valence-electron chi connectivity index (χ1n) is 11.3. The molecular weight excluding hydrogens is 422 g/mol. The lowest BCUT2D eigenvalue weighted by atomic mass is 10.1. The second-order valence-corrected chi connectivity index (χ2v) is 7.65. The predicted octanol–water partition coefficient (Wildman–Crippen LogP) is 6.96. The van der Waals surface area contributed by atoms with Crippen LogP contribution in [0.25, 0.3) is 61.1 Å². The van der Waals surface area contributed by atoms with Gasteiger partial charge in [0.15, 0.2) is 5.58 Å². The van der Waals surface area contributed by atoms with Crippen molar-refractivity contribution in [2.45, 2.75) is 13.8 Å². The fraction of sp³-hybridized carbons (Fsp3) is 0.0714. The summed E-state index contributed by atoms with van der Waals surface area (Å²) < 4.78 is 8.27. The summed E-state index contributed by atoms with van der Waals surface area (Å²) in [6, 6.07) is 22.1. The third-order valence-corrected chi connectivity index (χ3v) is 5.79. The third kappa shape index (κ3) is 3.03. The molecule has 0 atom stereocenters. The molecule has 0 bridgehead atoms. The number of hydrogen-bond donors (Lipinski definition) is 0. The molecule has 6 aromatic heterocycles. The van der Waals surface area contributed by atoms with Crippen LogP contribution in [0.4, 0.5) is 0 Å². The van der Waals surface area contributed by atoms with Crippen molar-refractivity contribution in [2.75, 3.05) is 0 Å². The predicted molar refractivity (Wildman–Crippen MR) is 136 cm³/mol. The maximum atomic E-state index is 6.08. The van der Waals surface area contributed by atoms with Crippen molar-refractivity contribution in [1.29, 1.82) is 0 Å². The van der Waals surface area contributed by atoms with Crippen molar-refractivity contribution in [3.05, 3.63) is 91.5 Å². The van der Waals surface area contributed by atoms with Gasteiger partial charge in [-0.2, -0.15) is 0 Å². The van der Waals surface area contributed by atoms with Crippen molar-refractivity contribution >= 4 is 44.1 Å². The van der Waals surface area contributed by atoms with Gasteiger partial charge in [0.25, 0.3) is 0 Å². The number of rotatable bonds is 2. The molecule has 6 heterocycles. The number of aromatic nitrogens is 5. The van der Waals surface area contributed by atoms with Gasteiger partial charge in [-0.3, -0.25) is 15.0 Å². The summed E-state index contributed by atoms with van der Waals surface area (Å²) in [7, 11) is 0. The molecule has 0 fully saturated rings. The van der Waals surface area contributed by atoms with E-state index < -0.39 is 0 Å². The zero-order chi connectivity index (χ0) is 23.1. The van der Waals surface area contributed by atoms with Crippen LogP contribution in [0.3, 0.4) is 0 Å². The third-order valence-electron chi connectivity index (χ3n) is 5.79. The quantitative estimate of drug-likeness (QED) is 0.289. The lowest BCUT2D eigenvalue weighted by molar-refractivity contribution is 0.668. The molecule has 0 radical (unpaired) electrons. The molecule has 7 rings (SSSR count). The van der Waals surface area contributed by atoms with Crippen molar-refractivity contribution in [2.24, 2.45) is 0 Å². The summed E-state index contributed by atoms with van der Waals surface area (Å²) in [5.74, 6) is 0. The normalized spacial score (nSPS) is 11.2. The standard InChI is InChI=1S/C26H15N5O.C2H6/c1-4-16(15-27-11-1)19-8-10-23-24(30-19)18-14-17(7-9-22(18)32-23)31-20-5-2-12-28-25(20)26-21(31)6-3-13-29-26;1-2/h1-15H;1-2H3. The number of pyridine rings is 4. The molecule has 0 aliphatic carbocycles. The topological polar surface area (TPSA) is 69.6 Å². The average Bonchev–Trinajstić information content (AvgIpc) is 3.45. The Balaban J connectivity index is 0.00000106. The minimum Gasteiger partial charge on any atom is -0.454 e. The Morgan fingerprint density at radius 1 is 0.706 bits per heavy atom.